The molecule has 0 aromatic heterocycles. The molecule has 2 aromatic rings. The highest BCUT2D eigenvalue weighted by Gasteiger charge is 2.24. The highest BCUT2D eigenvalue weighted by atomic mass is 35.5. The monoisotopic (exact) mass is 366 g/mol. The fraction of sp³-hybridized carbons (Fsp3) is 0.235. The molecule has 0 aliphatic carbocycles. The molecule has 1 amide bonds. The standard InChI is InChI=1S/C17H19ClN2O3S/c1-2-16(17(21)19-12-13-6-4-3-5-7-13)20-24(22,23)15-10-8-14(18)9-11-15/h3-11,16,20H,2,12H2,1H3,(H,19,21). The van der Waals surface area contributed by atoms with Gasteiger partial charge in [0, 0.05) is 11.6 Å². The average Bonchev–Trinajstić information content (AvgIpc) is 2.59. The first-order valence-electron chi connectivity index (χ1n) is 7.52. The van der Waals surface area contributed by atoms with E-state index in [1.54, 1.807) is 6.92 Å². The second-order valence-corrected chi connectivity index (χ2v) is 7.39. The van der Waals surface area contributed by atoms with E-state index in [0.29, 0.717) is 18.0 Å². The lowest BCUT2D eigenvalue weighted by Gasteiger charge is -2.17. The predicted octanol–water partition coefficient (Wildman–Crippen LogP) is 2.71. The van der Waals surface area contributed by atoms with Gasteiger partial charge >= 0.3 is 0 Å². The molecule has 5 nitrogen and oxygen atoms in total. The highest BCUT2D eigenvalue weighted by molar-refractivity contribution is 7.89. The van der Waals surface area contributed by atoms with Crippen LogP contribution in [0.3, 0.4) is 0 Å². The van der Waals surface area contributed by atoms with Crippen molar-refractivity contribution in [2.24, 2.45) is 0 Å². The molecule has 0 radical (unpaired) electrons. The minimum atomic E-state index is -3.79. The first-order chi connectivity index (χ1) is 11.4. The van der Waals surface area contributed by atoms with E-state index in [2.05, 4.69) is 10.0 Å². The second-order valence-electron chi connectivity index (χ2n) is 5.24. The first kappa shape index (κ1) is 18.4. The molecule has 1 unspecified atom stereocenters. The lowest BCUT2D eigenvalue weighted by Crippen LogP contribution is -2.46. The van der Waals surface area contributed by atoms with E-state index in [9.17, 15) is 13.2 Å². The third-order valence-corrected chi connectivity index (χ3v) is 5.20. The molecular formula is C17H19ClN2O3S. The van der Waals surface area contributed by atoms with Gasteiger partial charge in [-0.2, -0.15) is 4.72 Å². The SMILES string of the molecule is CCC(NS(=O)(=O)c1ccc(Cl)cc1)C(=O)NCc1ccccc1. The molecule has 0 aliphatic heterocycles. The van der Waals surface area contributed by atoms with Crippen LogP contribution in [0.1, 0.15) is 18.9 Å². The maximum Gasteiger partial charge on any atom is 0.241 e. The number of sulfonamides is 1. The zero-order valence-electron chi connectivity index (χ0n) is 13.2. The van der Waals surface area contributed by atoms with Crippen LogP contribution in [-0.4, -0.2) is 20.4 Å². The summed E-state index contributed by atoms with van der Waals surface area (Å²) in [6.07, 6.45) is 0.341. The summed E-state index contributed by atoms with van der Waals surface area (Å²) in [5.41, 5.74) is 0.946. The van der Waals surface area contributed by atoms with Gasteiger partial charge in [0.05, 0.1) is 4.90 Å². The first-order valence-corrected chi connectivity index (χ1v) is 9.38. The van der Waals surface area contributed by atoms with Gasteiger partial charge in [0.1, 0.15) is 6.04 Å². The van der Waals surface area contributed by atoms with Crippen LogP contribution >= 0.6 is 11.6 Å². The average molecular weight is 367 g/mol. The van der Waals surface area contributed by atoms with Gasteiger partial charge in [0.15, 0.2) is 0 Å². The fourth-order valence-electron chi connectivity index (χ4n) is 2.10. The fourth-order valence-corrected chi connectivity index (χ4v) is 3.50. The summed E-state index contributed by atoms with van der Waals surface area (Å²) in [4.78, 5) is 12.3. The molecule has 0 heterocycles. The van der Waals surface area contributed by atoms with Crippen molar-refractivity contribution < 1.29 is 13.2 Å². The highest BCUT2D eigenvalue weighted by Crippen LogP contribution is 2.14. The summed E-state index contributed by atoms with van der Waals surface area (Å²) in [6, 6.07) is 14.4. The summed E-state index contributed by atoms with van der Waals surface area (Å²) in [5, 5.41) is 3.19. The molecule has 0 saturated heterocycles. The van der Waals surface area contributed by atoms with E-state index in [1.165, 1.54) is 24.3 Å². The van der Waals surface area contributed by atoms with E-state index in [1.807, 2.05) is 30.3 Å². The maximum atomic E-state index is 12.4. The molecule has 7 heteroatoms. The van der Waals surface area contributed by atoms with Crippen LogP contribution < -0.4 is 10.0 Å². The molecule has 0 fully saturated rings. The minimum absolute atomic E-state index is 0.0706. The Kier molecular flexibility index (Phi) is 6.36. The number of benzene rings is 2. The molecule has 128 valence electrons. The van der Waals surface area contributed by atoms with Gasteiger partial charge < -0.3 is 5.32 Å². The van der Waals surface area contributed by atoms with E-state index in [4.69, 9.17) is 11.6 Å². The topological polar surface area (TPSA) is 75.3 Å². The van der Waals surface area contributed by atoms with Crippen molar-refractivity contribution in [3.8, 4) is 0 Å². The maximum absolute atomic E-state index is 12.4. The zero-order valence-corrected chi connectivity index (χ0v) is 14.8. The van der Waals surface area contributed by atoms with Crippen LogP contribution in [0.4, 0.5) is 0 Å². The summed E-state index contributed by atoms with van der Waals surface area (Å²) >= 11 is 5.77. The smallest absolute Gasteiger partial charge is 0.241 e. The summed E-state index contributed by atoms with van der Waals surface area (Å²) < 4.78 is 27.1. The summed E-state index contributed by atoms with van der Waals surface area (Å²) in [6.45, 7) is 2.09. The third-order valence-electron chi connectivity index (χ3n) is 3.46. The number of amides is 1. The van der Waals surface area contributed by atoms with Crippen LogP contribution in [0.15, 0.2) is 59.5 Å². The number of hydrogen-bond donors (Lipinski definition) is 2. The van der Waals surface area contributed by atoms with Gasteiger partial charge in [-0.05, 0) is 36.2 Å². The molecule has 2 aromatic carbocycles. The minimum Gasteiger partial charge on any atom is -0.351 e. The van der Waals surface area contributed by atoms with E-state index in [0.717, 1.165) is 5.56 Å². The Morgan fingerprint density at radius 1 is 1.08 bits per heavy atom. The largest absolute Gasteiger partial charge is 0.351 e. The normalized spacial score (nSPS) is 12.6. The quantitative estimate of drug-likeness (QED) is 0.791. The number of nitrogens with one attached hydrogen (secondary N) is 2. The van der Waals surface area contributed by atoms with Crippen LogP contribution in [0.2, 0.25) is 5.02 Å². The van der Waals surface area contributed by atoms with Crippen LogP contribution in [0, 0.1) is 0 Å². The second kappa shape index (κ2) is 8.28. The van der Waals surface area contributed by atoms with Gasteiger partial charge in [0.25, 0.3) is 0 Å². The Labute approximate surface area is 147 Å². The Morgan fingerprint density at radius 2 is 1.71 bits per heavy atom. The Bertz CT molecular complexity index is 777. The molecule has 2 N–H and O–H groups in total. The lowest BCUT2D eigenvalue weighted by molar-refractivity contribution is -0.122. The summed E-state index contributed by atoms with van der Waals surface area (Å²) in [7, 11) is -3.79. The molecule has 1 atom stereocenters. The van der Waals surface area contributed by atoms with E-state index >= 15 is 0 Å². The van der Waals surface area contributed by atoms with Crippen molar-refractivity contribution >= 4 is 27.5 Å². The molecule has 0 spiro atoms. The number of carbonyl (C=O) groups is 1. The number of hydrogen-bond acceptors (Lipinski definition) is 3. The Morgan fingerprint density at radius 3 is 2.29 bits per heavy atom. The van der Waals surface area contributed by atoms with Gasteiger partial charge in [-0.15, -0.1) is 0 Å². The van der Waals surface area contributed by atoms with Gasteiger partial charge in [0.2, 0.25) is 15.9 Å². The van der Waals surface area contributed by atoms with Crippen LogP contribution in [-0.2, 0) is 21.4 Å². The van der Waals surface area contributed by atoms with Crippen molar-refractivity contribution in [1.29, 1.82) is 0 Å². The molecular weight excluding hydrogens is 348 g/mol. The van der Waals surface area contributed by atoms with Gasteiger partial charge in [-0.3, -0.25) is 4.79 Å². The van der Waals surface area contributed by atoms with Crippen molar-refractivity contribution in [2.75, 3.05) is 0 Å². The zero-order chi connectivity index (χ0) is 17.6. The molecule has 0 saturated carbocycles. The Balaban J connectivity index is 2.02. The van der Waals surface area contributed by atoms with Crippen molar-refractivity contribution in [3.05, 3.63) is 65.2 Å². The predicted molar refractivity (Wildman–Crippen MR) is 94.1 cm³/mol. The number of carbonyl (C=O) groups excluding carboxylic acids is 1. The van der Waals surface area contributed by atoms with Gasteiger partial charge in [-0.25, -0.2) is 8.42 Å². The molecule has 0 bridgehead atoms. The molecule has 0 aliphatic rings. The van der Waals surface area contributed by atoms with Crippen molar-refractivity contribution in [3.63, 3.8) is 0 Å². The molecule has 24 heavy (non-hydrogen) atoms. The van der Waals surface area contributed by atoms with Crippen molar-refractivity contribution in [1.82, 2.24) is 10.0 Å². The summed E-state index contributed by atoms with van der Waals surface area (Å²) in [5.74, 6) is -0.362. The molecule has 2 rings (SSSR count). The third kappa shape index (κ3) is 5.06. The lowest BCUT2D eigenvalue weighted by atomic mass is 10.2. The van der Waals surface area contributed by atoms with E-state index in [-0.39, 0.29) is 10.8 Å². The number of rotatable bonds is 7. The van der Waals surface area contributed by atoms with E-state index < -0.39 is 16.1 Å². The van der Waals surface area contributed by atoms with Crippen LogP contribution in [0.5, 0.6) is 0 Å². The van der Waals surface area contributed by atoms with Crippen molar-refractivity contribution in [2.45, 2.75) is 30.8 Å². The van der Waals surface area contributed by atoms with Gasteiger partial charge in [-0.1, -0.05) is 48.9 Å². The van der Waals surface area contributed by atoms with Crippen LogP contribution in [0.25, 0.3) is 0 Å². The Hall–Kier alpha value is -1.89. The number of halogens is 1.